The van der Waals surface area contributed by atoms with E-state index in [9.17, 15) is 19.8 Å². The largest absolute Gasteiger partial charge is 2.00 e. The quantitative estimate of drug-likeness (QED) is 0.0865. The molecule has 0 saturated carbocycles. The average Bonchev–Trinajstić information content (AvgIpc) is 3.15. The predicted molar refractivity (Wildman–Crippen MR) is 227 cm³/mol. The summed E-state index contributed by atoms with van der Waals surface area (Å²) in [7, 11) is -4.24. The van der Waals surface area contributed by atoms with E-state index in [0.29, 0.717) is 0 Å². The molecular formula is C44H52CdCl2O9P2. The SMILES string of the molecule is C[C@@H](CC(=O)[O-])[P+](c1ccccc1)(c1ccccc1)c1ccccc1.C[C@H](CC(=O)[O-])[P+](c1ccccc1)(c1ccccc1)c1ccccc1.O.O.O.O.O.[Cd+2].[Cl-].[Cl-]. The van der Waals surface area contributed by atoms with Gasteiger partial charge in [-0.3, -0.25) is 0 Å². The third-order valence-corrected chi connectivity index (χ3v) is 18.9. The second-order valence-electron chi connectivity index (χ2n) is 12.3. The van der Waals surface area contributed by atoms with Gasteiger partial charge in [0, 0.05) is 24.8 Å². The fourth-order valence-corrected chi connectivity index (χ4v) is 16.7. The summed E-state index contributed by atoms with van der Waals surface area (Å²) in [5, 5.41) is 30.1. The normalized spacial score (nSPS) is 10.8. The monoisotopic (exact) mass is 970 g/mol. The number of halogens is 2. The van der Waals surface area contributed by atoms with E-state index < -0.39 is 26.5 Å². The van der Waals surface area contributed by atoms with Crippen molar-refractivity contribution in [3.8, 4) is 0 Å². The van der Waals surface area contributed by atoms with Crippen molar-refractivity contribution in [1.82, 2.24) is 0 Å². The Morgan fingerprint density at radius 3 is 0.638 bits per heavy atom. The van der Waals surface area contributed by atoms with Crippen LogP contribution in [-0.2, 0) is 36.9 Å². The zero-order valence-corrected chi connectivity index (χ0v) is 39.7. The molecule has 6 aromatic rings. The molecule has 0 unspecified atom stereocenters. The first-order valence-corrected chi connectivity index (χ1v) is 20.5. The van der Waals surface area contributed by atoms with Crippen LogP contribution in [0.5, 0.6) is 0 Å². The standard InChI is InChI=1S/2C22H21O2P.Cd.2ClH.5H2O/c2*1-18(17-22(23)24)25(19-11-5-2-6-12-19,20-13-7-3-8-14-20)21-15-9-4-10-16-21;;;;;;;;/h2*2-16,18H,17H2,1H3;;2*1H;5*1H2/q;;+2;;;;;;;/p-2/t2*18-;;;;;;;;/m10......../s1. The summed E-state index contributed by atoms with van der Waals surface area (Å²) in [5.41, 5.74) is -0.130. The summed E-state index contributed by atoms with van der Waals surface area (Å²) in [6, 6.07) is 61.8. The first kappa shape index (κ1) is 61.1. The van der Waals surface area contributed by atoms with Crippen molar-refractivity contribution in [2.45, 2.75) is 38.0 Å². The Kier molecular flexibility index (Phi) is 31.2. The van der Waals surface area contributed by atoms with E-state index in [-0.39, 0.29) is 104 Å². The zero-order valence-electron chi connectivity index (χ0n) is 32.4. The third-order valence-electron chi connectivity index (χ3n) is 9.23. The van der Waals surface area contributed by atoms with Crippen LogP contribution in [0.4, 0.5) is 0 Å². The molecule has 14 heteroatoms. The Bertz CT molecular complexity index is 1620. The van der Waals surface area contributed by atoms with Gasteiger partial charge < -0.3 is 72.0 Å². The smallest absolute Gasteiger partial charge is 1.00 e. The maximum atomic E-state index is 11.5. The number of aliphatic carboxylic acids is 2. The van der Waals surface area contributed by atoms with E-state index in [1.54, 1.807) is 0 Å². The fraction of sp³-hybridized carbons (Fsp3) is 0.136. The van der Waals surface area contributed by atoms with Gasteiger partial charge >= 0.3 is 27.3 Å². The number of carbonyl (C=O) groups excluding carboxylic acids is 2. The molecule has 0 aromatic heterocycles. The van der Waals surface area contributed by atoms with E-state index >= 15 is 0 Å². The van der Waals surface area contributed by atoms with Crippen LogP contribution in [0.3, 0.4) is 0 Å². The molecule has 2 atom stereocenters. The van der Waals surface area contributed by atoms with E-state index in [1.807, 2.05) is 123 Å². The number of carboxylic acids is 2. The number of hydrogen-bond donors (Lipinski definition) is 0. The van der Waals surface area contributed by atoms with Crippen molar-refractivity contribution in [1.29, 1.82) is 0 Å². The van der Waals surface area contributed by atoms with Gasteiger partial charge in [0.1, 0.15) is 46.4 Å². The Balaban J connectivity index is -0.000000442. The van der Waals surface area contributed by atoms with Crippen LogP contribution in [0.1, 0.15) is 26.7 Å². The van der Waals surface area contributed by atoms with Crippen LogP contribution in [-0.4, -0.2) is 50.6 Å². The summed E-state index contributed by atoms with van der Waals surface area (Å²) in [5.74, 6) is -2.00. The summed E-state index contributed by atoms with van der Waals surface area (Å²) in [6.07, 6.45) is 0.0684. The van der Waals surface area contributed by atoms with Gasteiger partial charge in [-0.25, -0.2) is 0 Å². The van der Waals surface area contributed by atoms with Gasteiger partial charge in [-0.15, -0.1) is 0 Å². The van der Waals surface area contributed by atoms with Crippen molar-refractivity contribution in [3.05, 3.63) is 182 Å². The van der Waals surface area contributed by atoms with Crippen molar-refractivity contribution < 1.29 is 99.3 Å². The molecule has 0 bridgehead atoms. The van der Waals surface area contributed by atoms with Crippen LogP contribution >= 0.6 is 14.5 Å². The Hall–Kier alpha value is -3.58. The molecule has 6 rings (SSSR count). The van der Waals surface area contributed by atoms with Gasteiger partial charge in [-0.2, -0.15) is 0 Å². The molecule has 0 aliphatic heterocycles. The second-order valence-corrected chi connectivity index (χ2v) is 20.1. The third kappa shape index (κ3) is 13.7. The van der Waals surface area contributed by atoms with Crippen molar-refractivity contribution in [2.75, 3.05) is 0 Å². The molecule has 0 saturated heterocycles. The Morgan fingerprint density at radius 1 is 0.379 bits per heavy atom. The van der Waals surface area contributed by atoms with E-state index in [2.05, 4.69) is 72.8 Å². The van der Waals surface area contributed by atoms with E-state index in [4.69, 9.17) is 0 Å². The molecule has 0 heterocycles. The number of benzene rings is 6. The Morgan fingerprint density at radius 2 is 0.517 bits per heavy atom. The second kappa shape index (κ2) is 29.6. The number of carbonyl (C=O) groups is 2. The zero-order chi connectivity index (χ0) is 35.4. The van der Waals surface area contributed by atoms with Gasteiger partial charge in [0.15, 0.2) is 0 Å². The van der Waals surface area contributed by atoms with Crippen molar-refractivity contribution in [2.24, 2.45) is 0 Å². The van der Waals surface area contributed by atoms with Gasteiger partial charge in [0.25, 0.3) is 0 Å². The molecule has 0 spiro atoms. The number of hydrogen-bond acceptors (Lipinski definition) is 4. The van der Waals surface area contributed by atoms with Gasteiger partial charge in [-0.05, 0) is 86.6 Å². The average molecular weight is 970 g/mol. The van der Waals surface area contributed by atoms with Crippen LogP contribution in [0.25, 0.3) is 0 Å². The fourth-order valence-electron chi connectivity index (χ4n) is 7.16. The molecule has 0 radical (unpaired) electrons. The van der Waals surface area contributed by atoms with Crippen molar-refractivity contribution in [3.63, 3.8) is 0 Å². The molecular weight excluding hydrogens is 918 g/mol. The first-order chi connectivity index (χ1) is 24.3. The first-order valence-electron chi connectivity index (χ1n) is 16.8. The molecule has 0 aliphatic rings. The van der Waals surface area contributed by atoms with Gasteiger partial charge in [0.2, 0.25) is 0 Å². The summed E-state index contributed by atoms with van der Waals surface area (Å²) in [4.78, 5) is 22.9. The Labute approximate surface area is 375 Å². The molecule has 0 amide bonds. The summed E-state index contributed by atoms with van der Waals surface area (Å²) in [6.45, 7) is 4.08. The van der Waals surface area contributed by atoms with E-state index in [0.717, 1.165) is 0 Å². The van der Waals surface area contributed by atoms with Gasteiger partial charge in [0.05, 0.1) is 11.3 Å². The summed E-state index contributed by atoms with van der Waals surface area (Å²) < 4.78 is 0. The van der Waals surface area contributed by atoms with Crippen LogP contribution < -0.4 is 66.9 Å². The molecule has 0 aliphatic carbocycles. The minimum Gasteiger partial charge on any atom is -1.00 e. The molecule has 6 aromatic carbocycles. The minimum absolute atomic E-state index is 0. The maximum Gasteiger partial charge on any atom is 2.00 e. The molecule has 0 fully saturated rings. The molecule has 308 valence electrons. The maximum absolute atomic E-state index is 11.5. The minimum atomic E-state index is -2.12. The van der Waals surface area contributed by atoms with Crippen LogP contribution in [0, 0.1) is 0 Å². The summed E-state index contributed by atoms with van der Waals surface area (Å²) >= 11 is 0. The van der Waals surface area contributed by atoms with Crippen LogP contribution in [0.15, 0.2) is 182 Å². The molecule has 58 heavy (non-hydrogen) atoms. The predicted octanol–water partition coefficient (Wildman–Crippen LogP) is -5.10. The topological polar surface area (TPSA) is 238 Å². The van der Waals surface area contributed by atoms with Crippen LogP contribution in [0.2, 0.25) is 0 Å². The van der Waals surface area contributed by atoms with Gasteiger partial charge in [-0.1, -0.05) is 109 Å². The van der Waals surface area contributed by atoms with E-state index in [1.165, 1.54) is 31.8 Å². The molecule has 10 N–H and O–H groups in total. The van der Waals surface area contributed by atoms with Crippen molar-refractivity contribution >= 4 is 58.3 Å². The number of carboxylic acid groups (broad SMARTS) is 2. The molecule has 9 nitrogen and oxygen atoms in total. The number of rotatable bonds is 12.